The van der Waals surface area contributed by atoms with Crippen LogP contribution in [-0.4, -0.2) is 22.1 Å². The molecule has 2 aromatic carbocycles. The molecule has 0 atom stereocenters. The number of ether oxygens (including phenoxy) is 1. The summed E-state index contributed by atoms with van der Waals surface area (Å²) < 4.78 is 6.63. The summed E-state index contributed by atoms with van der Waals surface area (Å²) in [5, 5.41) is 0. The number of hydrogen-bond acceptors (Lipinski definition) is 1. The fourth-order valence-electron chi connectivity index (χ4n) is 1.63. The number of rotatable bonds is 2. The molecule has 2 heteroatoms. The monoisotopic (exact) mass is 302 g/mol. The third-order valence-electron chi connectivity index (χ3n) is 2.55. The van der Waals surface area contributed by atoms with E-state index >= 15 is 0 Å². The van der Waals surface area contributed by atoms with Gasteiger partial charge in [-0.2, -0.15) is 0 Å². The van der Waals surface area contributed by atoms with Crippen molar-refractivity contribution in [3.8, 4) is 17.6 Å². The van der Waals surface area contributed by atoms with E-state index in [9.17, 15) is 0 Å². The number of methoxy groups -OCH3 is 1. The molecule has 0 aliphatic carbocycles. The molecule has 2 rings (SSSR count). The minimum atomic E-state index is 0.464. The molecule has 0 saturated heterocycles. The van der Waals surface area contributed by atoms with E-state index in [1.54, 1.807) is 7.11 Å². The Morgan fingerprint density at radius 1 is 0.889 bits per heavy atom. The molecule has 1 nitrogen and oxygen atoms in total. The molecule has 2 aromatic rings. The van der Waals surface area contributed by atoms with Crippen LogP contribution in [0, 0.1) is 11.8 Å². The van der Waals surface area contributed by atoms with Gasteiger partial charge in [-0.1, -0.05) is 0 Å². The maximum atomic E-state index is 5.29. The van der Waals surface area contributed by atoms with E-state index in [0.29, 0.717) is 15.0 Å². The van der Waals surface area contributed by atoms with E-state index in [2.05, 4.69) is 35.9 Å². The number of benzene rings is 2. The van der Waals surface area contributed by atoms with Crippen LogP contribution in [-0.2, 0) is 0 Å². The first kappa shape index (κ1) is 12.8. The van der Waals surface area contributed by atoms with Gasteiger partial charge in [-0.3, -0.25) is 0 Å². The predicted molar refractivity (Wildman–Crippen MR) is 76.7 cm³/mol. The summed E-state index contributed by atoms with van der Waals surface area (Å²) in [5.74, 6) is 9.46. The molecule has 0 spiro atoms. The first-order valence-corrected chi connectivity index (χ1v) is 8.20. The minimum absolute atomic E-state index is 0.464. The van der Waals surface area contributed by atoms with Crippen LogP contribution in [0.1, 0.15) is 11.1 Å². The third kappa shape index (κ3) is 2.96. The van der Waals surface area contributed by atoms with Gasteiger partial charge >= 0.3 is 114 Å². The summed E-state index contributed by atoms with van der Waals surface area (Å²) in [6.45, 7) is 0. The maximum absolute atomic E-state index is 5.29. The molecule has 0 saturated carbocycles. The Bertz CT molecular complexity index is 542. The van der Waals surface area contributed by atoms with Crippen LogP contribution in [0.4, 0.5) is 0 Å². The van der Waals surface area contributed by atoms with Crippen molar-refractivity contribution in [1.82, 2.24) is 0 Å². The van der Waals surface area contributed by atoms with Crippen LogP contribution >= 0.6 is 0 Å². The second-order valence-electron chi connectivity index (χ2n) is 3.65. The van der Waals surface area contributed by atoms with Crippen molar-refractivity contribution in [2.24, 2.45) is 0 Å². The van der Waals surface area contributed by atoms with Gasteiger partial charge < -0.3 is 0 Å². The van der Waals surface area contributed by atoms with Crippen molar-refractivity contribution in [2.75, 3.05) is 7.11 Å². The van der Waals surface area contributed by atoms with Crippen molar-refractivity contribution in [2.45, 2.75) is 5.82 Å². The normalized spacial score (nSPS) is 9.44. The van der Waals surface area contributed by atoms with Crippen molar-refractivity contribution in [3.05, 3.63) is 59.7 Å². The Labute approximate surface area is 114 Å². The quantitative estimate of drug-likeness (QED) is 0.612. The van der Waals surface area contributed by atoms with E-state index in [1.807, 2.05) is 30.3 Å². The van der Waals surface area contributed by atoms with Gasteiger partial charge in [0.25, 0.3) is 0 Å². The molecule has 0 fully saturated rings. The fourth-order valence-corrected chi connectivity index (χ4v) is 2.79. The van der Waals surface area contributed by atoms with Gasteiger partial charge in [0.2, 0.25) is 0 Å². The SMILES string of the molecule is COc1ccccc1C#Cc1ccccc1[Se]C. The zero-order chi connectivity index (χ0) is 12.8. The number of para-hydroxylation sites is 1. The summed E-state index contributed by atoms with van der Waals surface area (Å²) in [7, 11) is 1.67. The Morgan fingerprint density at radius 3 is 2.22 bits per heavy atom. The number of hydrogen-bond donors (Lipinski definition) is 0. The molecule has 0 heterocycles. The van der Waals surface area contributed by atoms with Crippen LogP contribution in [0.15, 0.2) is 48.5 Å². The summed E-state index contributed by atoms with van der Waals surface area (Å²) in [4.78, 5) is 0. The average molecular weight is 301 g/mol. The average Bonchev–Trinajstić information content (AvgIpc) is 2.45. The van der Waals surface area contributed by atoms with E-state index in [0.717, 1.165) is 16.9 Å². The standard InChI is InChI=1S/C16H14OSe/c1-17-15-9-5-3-7-13(15)11-12-14-8-4-6-10-16(14)18-2/h3-10H,1-2H3. The molecular formula is C16H14OSe. The first-order chi connectivity index (χ1) is 8.85. The van der Waals surface area contributed by atoms with Crippen LogP contribution in [0.5, 0.6) is 5.75 Å². The Morgan fingerprint density at radius 2 is 1.50 bits per heavy atom. The molecule has 0 aliphatic rings. The van der Waals surface area contributed by atoms with Gasteiger partial charge in [0.05, 0.1) is 0 Å². The van der Waals surface area contributed by atoms with E-state index < -0.39 is 0 Å². The summed E-state index contributed by atoms with van der Waals surface area (Å²) in [5.41, 5.74) is 2.05. The molecular weight excluding hydrogens is 287 g/mol. The molecule has 0 aromatic heterocycles. The predicted octanol–water partition coefficient (Wildman–Crippen LogP) is 2.47. The van der Waals surface area contributed by atoms with Gasteiger partial charge in [0.15, 0.2) is 0 Å². The molecule has 0 N–H and O–H groups in total. The van der Waals surface area contributed by atoms with Crippen molar-refractivity contribution in [3.63, 3.8) is 0 Å². The van der Waals surface area contributed by atoms with Crippen molar-refractivity contribution in [1.29, 1.82) is 0 Å². The van der Waals surface area contributed by atoms with Gasteiger partial charge in [-0.25, -0.2) is 0 Å². The molecule has 0 unspecified atom stereocenters. The molecule has 0 bridgehead atoms. The van der Waals surface area contributed by atoms with Crippen LogP contribution in [0.2, 0.25) is 5.82 Å². The fraction of sp³-hybridized carbons (Fsp3) is 0.125. The van der Waals surface area contributed by atoms with E-state index in [1.165, 1.54) is 4.46 Å². The zero-order valence-corrected chi connectivity index (χ0v) is 12.1. The Kier molecular flexibility index (Phi) is 4.47. The van der Waals surface area contributed by atoms with Crippen molar-refractivity contribution < 1.29 is 4.74 Å². The Hall–Kier alpha value is -1.68. The van der Waals surface area contributed by atoms with Crippen LogP contribution in [0.25, 0.3) is 0 Å². The molecule has 0 amide bonds. The van der Waals surface area contributed by atoms with Gasteiger partial charge in [-0.05, 0) is 0 Å². The van der Waals surface area contributed by atoms with Crippen LogP contribution < -0.4 is 9.20 Å². The summed E-state index contributed by atoms with van der Waals surface area (Å²) >= 11 is 0.464. The van der Waals surface area contributed by atoms with E-state index in [4.69, 9.17) is 4.74 Å². The van der Waals surface area contributed by atoms with Gasteiger partial charge in [0.1, 0.15) is 0 Å². The third-order valence-corrected chi connectivity index (χ3v) is 4.22. The summed E-state index contributed by atoms with van der Waals surface area (Å²) in [6, 6.07) is 16.1. The second kappa shape index (κ2) is 6.31. The topological polar surface area (TPSA) is 9.23 Å². The van der Waals surface area contributed by atoms with E-state index in [-0.39, 0.29) is 0 Å². The second-order valence-corrected chi connectivity index (χ2v) is 5.43. The van der Waals surface area contributed by atoms with Gasteiger partial charge in [-0.15, -0.1) is 0 Å². The molecule has 18 heavy (non-hydrogen) atoms. The molecule has 90 valence electrons. The summed E-state index contributed by atoms with van der Waals surface area (Å²) in [6.07, 6.45) is 0. The van der Waals surface area contributed by atoms with Gasteiger partial charge in [0, 0.05) is 0 Å². The van der Waals surface area contributed by atoms with Crippen molar-refractivity contribution >= 4 is 19.4 Å². The molecule has 0 radical (unpaired) electrons. The van der Waals surface area contributed by atoms with Crippen LogP contribution in [0.3, 0.4) is 0 Å². The first-order valence-electron chi connectivity index (χ1n) is 5.63. The molecule has 0 aliphatic heterocycles. The Balaban J connectivity index is 2.37. The zero-order valence-electron chi connectivity index (χ0n) is 10.4.